The van der Waals surface area contributed by atoms with E-state index in [1.807, 2.05) is 0 Å². The van der Waals surface area contributed by atoms with Crippen LogP contribution >= 0.6 is 11.6 Å². The molecule has 0 unspecified atom stereocenters. The highest BCUT2D eigenvalue weighted by atomic mass is 35.5. The van der Waals surface area contributed by atoms with Crippen LogP contribution in [-0.4, -0.2) is 30.8 Å². The number of aromatic nitrogens is 1. The number of sulfonamides is 1. The average Bonchev–Trinajstić information content (AvgIpc) is 2.52. The van der Waals surface area contributed by atoms with Crippen molar-refractivity contribution in [2.24, 2.45) is 0 Å². The van der Waals surface area contributed by atoms with Gasteiger partial charge in [0.15, 0.2) is 0 Å². The minimum absolute atomic E-state index is 0.000682. The lowest BCUT2D eigenvalue weighted by Crippen LogP contribution is -2.36. The Bertz CT molecular complexity index is 788. The molecule has 0 bridgehead atoms. The molecule has 0 atom stereocenters. The molecule has 0 saturated carbocycles. The third-order valence-electron chi connectivity index (χ3n) is 3.27. The van der Waals surface area contributed by atoms with Gasteiger partial charge in [-0.2, -0.15) is 4.31 Å². The van der Waals surface area contributed by atoms with Crippen molar-refractivity contribution in [1.29, 1.82) is 0 Å². The molecular formula is C16H19ClN2O3S. The highest BCUT2D eigenvalue weighted by Gasteiger charge is 2.27. The maximum atomic E-state index is 12.9. The van der Waals surface area contributed by atoms with Crippen LogP contribution in [0.15, 0.2) is 47.5 Å². The van der Waals surface area contributed by atoms with Crippen LogP contribution in [0.25, 0.3) is 0 Å². The Morgan fingerprint density at radius 2 is 1.91 bits per heavy atom. The van der Waals surface area contributed by atoms with Gasteiger partial charge >= 0.3 is 0 Å². The van der Waals surface area contributed by atoms with Gasteiger partial charge in [-0.05, 0) is 43.7 Å². The van der Waals surface area contributed by atoms with E-state index in [0.717, 1.165) is 9.87 Å². The number of ether oxygens (including phenoxy) is 1. The third-order valence-corrected chi connectivity index (χ3v) is 5.41. The molecule has 0 aliphatic rings. The summed E-state index contributed by atoms with van der Waals surface area (Å²) in [6, 6.07) is 8.50. The monoisotopic (exact) mass is 355 g/mol. The van der Waals surface area contributed by atoms with E-state index < -0.39 is 16.0 Å². The highest BCUT2D eigenvalue weighted by Crippen LogP contribution is 2.22. The lowest BCUT2D eigenvalue weighted by atomic mass is 10.2. The summed E-state index contributed by atoms with van der Waals surface area (Å²) in [5, 5.41) is 0.209. The molecule has 0 saturated heterocycles. The smallest absolute Gasteiger partial charge is 0.245 e. The quantitative estimate of drug-likeness (QED) is 0.745. The lowest BCUT2D eigenvalue weighted by molar-refractivity contribution is 0.347. The minimum atomic E-state index is -3.90. The molecule has 2 aromatic rings. The van der Waals surface area contributed by atoms with E-state index in [1.165, 1.54) is 32.2 Å². The van der Waals surface area contributed by atoms with E-state index in [-0.39, 0.29) is 16.6 Å². The number of halogens is 1. The van der Waals surface area contributed by atoms with Crippen LogP contribution in [0.4, 0.5) is 0 Å². The molecule has 5 nitrogen and oxygen atoms in total. The van der Waals surface area contributed by atoms with Crippen molar-refractivity contribution in [2.45, 2.75) is 31.3 Å². The number of nitrogens with zero attached hydrogens (tertiary/aromatic N) is 2. The van der Waals surface area contributed by atoms with Crippen molar-refractivity contribution in [3.8, 4) is 5.75 Å². The summed E-state index contributed by atoms with van der Waals surface area (Å²) in [7, 11) is -2.33. The Morgan fingerprint density at radius 1 is 1.26 bits per heavy atom. The number of benzene rings is 1. The van der Waals surface area contributed by atoms with Gasteiger partial charge < -0.3 is 4.74 Å². The van der Waals surface area contributed by atoms with Crippen molar-refractivity contribution in [3.05, 3.63) is 53.3 Å². The van der Waals surface area contributed by atoms with E-state index >= 15 is 0 Å². The summed E-state index contributed by atoms with van der Waals surface area (Å²) >= 11 is 5.72. The normalized spacial score (nSPS) is 13.0. The summed E-state index contributed by atoms with van der Waals surface area (Å²) in [4.78, 5) is 3.82. The van der Waals surface area contributed by atoms with E-state index in [2.05, 4.69) is 4.98 Å². The van der Waals surface area contributed by atoms with Crippen molar-refractivity contribution in [2.75, 3.05) is 7.11 Å². The topological polar surface area (TPSA) is 59.5 Å². The fourth-order valence-electron chi connectivity index (χ4n) is 2.02. The zero-order chi connectivity index (χ0) is 18.0. The second-order valence-corrected chi connectivity index (χ2v) is 7.37. The molecule has 0 N–H and O–H groups in total. The van der Waals surface area contributed by atoms with Gasteiger partial charge in [-0.1, -0.05) is 23.7 Å². The summed E-state index contributed by atoms with van der Waals surface area (Å²) in [5.74, 6) is 0.681. The van der Waals surface area contributed by atoms with Gasteiger partial charge in [0.05, 0.1) is 7.11 Å². The zero-order valence-corrected chi connectivity index (χ0v) is 14.7. The van der Waals surface area contributed by atoms with Crippen LogP contribution in [0.1, 0.15) is 20.8 Å². The number of hydrogen-bond donors (Lipinski definition) is 0. The molecule has 0 radical (unpaired) electrons. The van der Waals surface area contributed by atoms with Crippen LogP contribution in [0, 0.1) is 0 Å². The number of hydrogen-bond acceptors (Lipinski definition) is 4. The van der Waals surface area contributed by atoms with Gasteiger partial charge in [-0.25, -0.2) is 13.4 Å². The summed E-state index contributed by atoms with van der Waals surface area (Å²) in [5.41, 5.74) is 0.752. The standard InChI is InChI=1S/C16H19ClN2O3S/c1-12(2)19(11-13-4-6-14(22-3)7-5-13)23(20,21)15-8-9-16(17)18-10-15/h4-10,12H,11H2,1-3H3/i12D. The van der Waals surface area contributed by atoms with Crippen molar-refractivity contribution < 1.29 is 14.5 Å². The first-order valence-corrected chi connectivity index (χ1v) is 8.74. The second kappa shape index (κ2) is 7.29. The molecule has 23 heavy (non-hydrogen) atoms. The average molecular weight is 356 g/mol. The molecule has 0 amide bonds. The van der Waals surface area contributed by atoms with Gasteiger partial charge in [0.1, 0.15) is 15.8 Å². The first kappa shape index (κ1) is 16.2. The molecular weight excluding hydrogens is 336 g/mol. The Morgan fingerprint density at radius 3 is 2.39 bits per heavy atom. The summed E-state index contributed by atoms with van der Waals surface area (Å²) < 4.78 is 40.3. The van der Waals surface area contributed by atoms with Gasteiger partial charge in [0, 0.05) is 20.1 Å². The molecule has 1 aromatic heterocycles. The number of rotatable bonds is 6. The Labute approximate surface area is 143 Å². The molecule has 2 rings (SSSR count). The Kier molecular flexibility index (Phi) is 5.15. The molecule has 0 fully saturated rings. The summed E-state index contributed by atoms with van der Waals surface area (Å²) in [6.07, 6.45) is 1.20. The first-order chi connectivity index (χ1) is 11.1. The zero-order valence-electron chi connectivity index (χ0n) is 14.2. The molecule has 0 spiro atoms. The van der Waals surface area contributed by atoms with Crippen LogP contribution in [0.3, 0.4) is 0 Å². The fourth-order valence-corrected chi connectivity index (χ4v) is 3.61. The van der Waals surface area contributed by atoms with E-state index in [9.17, 15) is 8.42 Å². The first-order valence-electron chi connectivity index (χ1n) is 7.42. The molecule has 1 aromatic carbocycles. The lowest BCUT2D eigenvalue weighted by Gasteiger charge is -2.26. The third kappa shape index (κ3) is 4.22. The number of methoxy groups -OCH3 is 1. The Balaban J connectivity index is 2.39. The summed E-state index contributed by atoms with van der Waals surface area (Å²) in [6.45, 7) is 3.11. The van der Waals surface area contributed by atoms with Crippen molar-refractivity contribution in [3.63, 3.8) is 0 Å². The van der Waals surface area contributed by atoms with E-state index in [0.29, 0.717) is 5.75 Å². The van der Waals surface area contributed by atoms with Crippen LogP contribution in [-0.2, 0) is 16.6 Å². The Hall–Kier alpha value is -1.63. The second-order valence-electron chi connectivity index (χ2n) is 5.12. The maximum absolute atomic E-state index is 12.9. The van der Waals surface area contributed by atoms with Crippen LogP contribution in [0.2, 0.25) is 5.15 Å². The SMILES string of the molecule is [2H]C(C)(C)N(Cc1ccc(OC)cc1)S(=O)(=O)c1ccc(Cl)nc1. The van der Waals surface area contributed by atoms with Crippen LogP contribution in [0.5, 0.6) is 5.75 Å². The minimum Gasteiger partial charge on any atom is -0.497 e. The van der Waals surface area contributed by atoms with Crippen molar-refractivity contribution >= 4 is 21.6 Å². The maximum Gasteiger partial charge on any atom is 0.245 e. The molecule has 0 aliphatic carbocycles. The van der Waals surface area contributed by atoms with E-state index in [1.54, 1.807) is 31.4 Å². The van der Waals surface area contributed by atoms with Crippen molar-refractivity contribution in [1.82, 2.24) is 9.29 Å². The van der Waals surface area contributed by atoms with Gasteiger partial charge in [0.25, 0.3) is 0 Å². The molecule has 1 heterocycles. The molecule has 0 aliphatic heterocycles. The van der Waals surface area contributed by atoms with Crippen LogP contribution < -0.4 is 4.74 Å². The van der Waals surface area contributed by atoms with Gasteiger partial charge in [0.2, 0.25) is 10.0 Å². The highest BCUT2D eigenvalue weighted by molar-refractivity contribution is 7.89. The molecule has 124 valence electrons. The van der Waals surface area contributed by atoms with Gasteiger partial charge in [-0.15, -0.1) is 0 Å². The van der Waals surface area contributed by atoms with Gasteiger partial charge in [-0.3, -0.25) is 0 Å². The number of pyridine rings is 1. The predicted molar refractivity (Wildman–Crippen MR) is 90.1 cm³/mol. The largest absolute Gasteiger partial charge is 0.497 e. The fraction of sp³-hybridized carbons (Fsp3) is 0.312. The molecule has 7 heteroatoms. The predicted octanol–water partition coefficient (Wildman–Crippen LogP) is 3.34. The van der Waals surface area contributed by atoms with E-state index in [4.69, 9.17) is 17.7 Å².